The summed E-state index contributed by atoms with van der Waals surface area (Å²) >= 11 is 1.42. The maximum atomic E-state index is 12.1. The van der Waals surface area contributed by atoms with Crippen LogP contribution in [0.2, 0.25) is 0 Å². The number of benzene rings is 1. The molecule has 0 spiro atoms. The van der Waals surface area contributed by atoms with Gasteiger partial charge in [-0.05, 0) is 49.2 Å². The molecule has 3 rings (SSSR count). The molecular formula is C17H18N4O2S. The zero-order chi connectivity index (χ0) is 17.1. The number of hydrogen-bond donors (Lipinski definition) is 1. The van der Waals surface area contributed by atoms with Crippen molar-refractivity contribution in [3.63, 3.8) is 0 Å². The van der Waals surface area contributed by atoms with Crippen molar-refractivity contribution >= 4 is 34.4 Å². The van der Waals surface area contributed by atoms with Crippen LogP contribution in [0.1, 0.15) is 23.7 Å². The fourth-order valence-electron chi connectivity index (χ4n) is 2.35. The largest absolute Gasteiger partial charge is 0.306 e. The van der Waals surface area contributed by atoms with E-state index in [1.54, 1.807) is 6.92 Å². The highest BCUT2D eigenvalue weighted by molar-refractivity contribution is 8.00. The first-order chi connectivity index (χ1) is 11.6. The Balaban J connectivity index is 1.75. The number of carbonyl (C=O) groups is 1. The van der Waals surface area contributed by atoms with E-state index in [4.69, 9.17) is 4.98 Å². The van der Waals surface area contributed by atoms with Gasteiger partial charge in [-0.1, -0.05) is 35.5 Å². The third-order valence-electron chi connectivity index (χ3n) is 3.64. The summed E-state index contributed by atoms with van der Waals surface area (Å²) in [6.45, 7) is 5.88. The Hall–Kier alpha value is -2.41. The van der Waals surface area contributed by atoms with Crippen LogP contribution < -0.4 is 5.32 Å². The van der Waals surface area contributed by atoms with Gasteiger partial charge in [0, 0.05) is 5.39 Å². The van der Waals surface area contributed by atoms with E-state index >= 15 is 0 Å². The maximum absolute atomic E-state index is 12.1. The van der Waals surface area contributed by atoms with E-state index in [-0.39, 0.29) is 11.7 Å². The highest BCUT2D eigenvalue weighted by atomic mass is 32.2. The van der Waals surface area contributed by atoms with Gasteiger partial charge in [0.05, 0.1) is 11.3 Å². The van der Waals surface area contributed by atoms with Gasteiger partial charge in [-0.3, -0.25) is 4.79 Å². The SMILES string of the molecule is CCc1cc2cc(C)ccc2nc1SCC(=O)Nc1nonc1C. The molecule has 3 aromatic rings. The maximum Gasteiger partial charge on any atom is 0.236 e. The number of rotatable bonds is 5. The molecular weight excluding hydrogens is 324 g/mol. The molecule has 0 unspecified atom stereocenters. The van der Waals surface area contributed by atoms with Gasteiger partial charge in [0.1, 0.15) is 10.7 Å². The lowest BCUT2D eigenvalue weighted by Crippen LogP contribution is -2.15. The predicted octanol–water partition coefficient (Wildman–Crippen LogP) is 3.53. The van der Waals surface area contributed by atoms with Crippen molar-refractivity contribution in [3.8, 4) is 0 Å². The zero-order valence-corrected chi connectivity index (χ0v) is 14.6. The minimum atomic E-state index is -0.161. The highest BCUT2D eigenvalue weighted by Crippen LogP contribution is 2.26. The van der Waals surface area contributed by atoms with Crippen LogP contribution in [0.15, 0.2) is 33.9 Å². The van der Waals surface area contributed by atoms with Gasteiger partial charge in [-0.2, -0.15) is 0 Å². The Morgan fingerprint density at radius 1 is 1.25 bits per heavy atom. The van der Waals surface area contributed by atoms with E-state index in [9.17, 15) is 4.79 Å². The molecule has 0 saturated heterocycles. The number of hydrogen-bond acceptors (Lipinski definition) is 6. The lowest BCUT2D eigenvalue weighted by atomic mass is 10.1. The van der Waals surface area contributed by atoms with Crippen molar-refractivity contribution in [1.29, 1.82) is 0 Å². The summed E-state index contributed by atoms with van der Waals surface area (Å²) < 4.78 is 4.57. The lowest BCUT2D eigenvalue weighted by molar-refractivity contribution is -0.113. The number of nitrogens with one attached hydrogen (secondary N) is 1. The topological polar surface area (TPSA) is 80.9 Å². The van der Waals surface area contributed by atoms with Gasteiger partial charge in [0.15, 0.2) is 5.82 Å². The summed E-state index contributed by atoms with van der Waals surface area (Å²) in [6.07, 6.45) is 0.868. The number of aryl methyl sites for hydroxylation is 3. The van der Waals surface area contributed by atoms with E-state index < -0.39 is 0 Å². The van der Waals surface area contributed by atoms with Crippen molar-refractivity contribution in [3.05, 3.63) is 41.1 Å². The van der Waals surface area contributed by atoms with Crippen LogP contribution in [0.5, 0.6) is 0 Å². The van der Waals surface area contributed by atoms with Gasteiger partial charge in [-0.15, -0.1) is 0 Å². The first kappa shape index (κ1) is 16.4. The Bertz CT molecular complexity index is 891. The summed E-state index contributed by atoms with van der Waals surface area (Å²) in [6, 6.07) is 8.34. The van der Waals surface area contributed by atoms with Crippen LogP contribution in [-0.4, -0.2) is 27.0 Å². The van der Waals surface area contributed by atoms with Crippen molar-refractivity contribution in [2.75, 3.05) is 11.1 Å². The molecule has 0 bridgehead atoms. The molecule has 2 heterocycles. The average molecular weight is 342 g/mol. The molecule has 0 aliphatic carbocycles. The van der Waals surface area contributed by atoms with Crippen LogP contribution in [0, 0.1) is 13.8 Å². The lowest BCUT2D eigenvalue weighted by Gasteiger charge is -2.09. The summed E-state index contributed by atoms with van der Waals surface area (Å²) in [7, 11) is 0. The Morgan fingerprint density at radius 2 is 2.08 bits per heavy atom. The van der Waals surface area contributed by atoms with Gasteiger partial charge in [-0.25, -0.2) is 9.61 Å². The van der Waals surface area contributed by atoms with Crippen molar-refractivity contribution in [2.45, 2.75) is 32.2 Å². The Morgan fingerprint density at radius 3 is 2.79 bits per heavy atom. The van der Waals surface area contributed by atoms with Crippen molar-refractivity contribution in [2.24, 2.45) is 0 Å². The predicted molar refractivity (Wildman–Crippen MR) is 94.2 cm³/mol. The van der Waals surface area contributed by atoms with E-state index in [2.05, 4.69) is 46.2 Å². The summed E-state index contributed by atoms with van der Waals surface area (Å²) in [5, 5.41) is 12.0. The molecule has 1 aromatic carbocycles. The number of amides is 1. The minimum absolute atomic E-state index is 0.161. The molecule has 0 atom stereocenters. The third kappa shape index (κ3) is 3.56. The second kappa shape index (κ2) is 7.00. The first-order valence-electron chi connectivity index (χ1n) is 7.69. The number of anilines is 1. The van der Waals surface area contributed by atoms with E-state index in [0.717, 1.165) is 27.9 Å². The van der Waals surface area contributed by atoms with Crippen LogP contribution in [0.3, 0.4) is 0 Å². The monoisotopic (exact) mass is 342 g/mol. The Kier molecular flexibility index (Phi) is 4.80. The van der Waals surface area contributed by atoms with Crippen molar-refractivity contribution in [1.82, 2.24) is 15.3 Å². The molecule has 0 radical (unpaired) electrons. The zero-order valence-electron chi connectivity index (χ0n) is 13.8. The van der Waals surface area contributed by atoms with Gasteiger partial charge < -0.3 is 5.32 Å². The number of aromatic nitrogens is 3. The van der Waals surface area contributed by atoms with Crippen molar-refractivity contribution < 1.29 is 9.42 Å². The van der Waals surface area contributed by atoms with Crippen LogP contribution in [-0.2, 0) is 11.2 Å². The minimum Gasteiger partial charge on any atom is -0.306 e. The molecule has 0 aliphatic rings. The van der Waals surface area contributed by atoms with Crippen LogP contribution in [0.4, 0.5) is 5.82 Å². The fraction of sp³-hybridized carbons (Fsp3) is 0.294. The number of nitrogens with zero attached hydrogens (tertiary/aromatic N) is 3. The first-order valence-corrected chi connectivity index (χ1v) is 8.67. The third-order valence-corrected chi connectivity index (χ3v) is 4.67. The number of thioether (sulfide) groups is 1. The van der Waals surface area contributed by atoms with Crippen LogP contribution in [0.25, 0.3) is 10.9 Å². The number of pyridine rings is 1. The summed E-state index contributed by atoms with van der Waals surface area (Å²) in [5.41, 5.74) is 3.85. The molecule has 6 nitrogen and oxygen atoms in total. The fourth-order valence-corrected chi connectivity index (χ4v) is 3.24. The summed E-state index contributed by atoms with van der Waals surface area (Å²) in [4.78, 5) is 16.8. The summed E-state index contributed by atoms with van der Waals surface area (Å²) in [5.74, 6) is 0.453. The second-order valence-corrected chi connectivity index (χ2v) is 6.50. The second-order valence-electron chi connectivity index (χ2n) is 5.54. The normalized spacial score (nSPS) is 11.0. The van der Waals surface area contributed by atoms with E-state index in [1.165, 1.54) is 17.3 Å². The number of carbonyl (C=O) groups excluding carboxylic acids is 1. The smallest absolute Gasteiger partial charge is 0.236 e. The molecule has 2 aromatic heterocycles. The Labute approximate surface area is 144 Å². The van der Waals surface area contributed by atoms with Gasteiger partial charge >= 0.3 is 0 Å². The van der Waals surface area contributed by atoms with Gasteiger partial charge in [0.25, 0.3) is 0 Å². The molecule has 1 amide bonds. The van der Waals surface area contributed by atoms with Crippen LogP contribution >= 0.6 is 11.8 Å². The molecule has 7 heteroatoms. The molecule has 0 fully saturated rings. The van der Waals surface area contributed by atoms with E-state index in [0.29, 0.717) is 11.5 Å². The highest BCUT2D eigenvalue weighted by Gasteiger charge is 2.12. The quantitative estimate of drug-likeness (QED) is 0.715. The molecule has 24 heavy (non-hydrogen) atoms. The molecule has 124 valence electrons. The number of fused-ring (bicyclic) bond motifs is 1. The van der Waals surface area contributed by atoms with E-state index in [1.807, 2.05) is 12.1 Å². The standard InChI is InChI=1S/C17H18N4O2S/c1-4-12-8-13-7-10(2)5-6-14(13)18-17(12)24-9-15(22)19-16-11(3)20-23-21-16/h5-8H,4,9H2,1-3H3,(H,19,21,22). The molecule has 1 N–H and O–H groups in total. The molecule has 0 saturated carbocycles. The van der Waals surface area contributed by atoms with Gasteiger partial charge in [0.2, 0.25) is 5.91 Å². The average Bonchev–Trinajstić information content (AvgIpc) is 2.97. The molecule has 0 aliphatic heterocycles.